The average Bonchev–Trinajstić information content (AvgIpc) is 2.43. The molecule has 0 fully saturated rings. The molecule has 0 saturated heterocycles. The van der Waals surface area contributed by atoms with Gasteiger partial charge < -0.3 is 10.3 Å². The van der Waals surface area contributed by atoms with Crippen molar-refractivity contribution in [2.75, 3.05) is 5.32 Å². The van der Waals surface area contributed by atoms with E-state index < -0.39 is 0 Å². The Kier molecular flexibility index (Phi) is 3.61. The van der Waals surface area contributed by atoms with Crippen LogP contribution in [-0.4, -0.2) is 4.98 Å². The van der Waals surface area contributed by atoms with E-state index in [1.807, 2.05) is 6.07 Å². The van der Waals surface area contributed by atoms with E-state index in [0.717, 1.165) is 36.2 Å². The van der Waals surface area contributed by atoms with Gasteiger partial charge >= 0.3 is 0 Å². The van der Waals surface area contributed by atoms with Crippen molar-refractivity contribution in [3.63, 3.8) is 0 Å². The summed E-state index contributed by atoms with van der Waals surface area (Å²) in [4.78, 5) is 14.3. The van der Waals surface area contributed by atoms with Crippen molar-refractivity contribution >= 4 is 21.6 Å². The maximum absolute atomic E-state index is 13.2. The highest BCUT2D eigenvalue weighted by molar-refractivity contribution is 9.10. The largest absolute Gasteiger partial charge is 0.378 e. The molecule has 0 amide bonds. The predicted octanol–water partition coefficient (Wildman–Crippen LogP) is 3.77. The first-order valence-electron chi connectivity index (χ1n) is 6.57. The SMILES string of the molecule is O=c1ccc2c([nH]1)CCCC2Nc1ccc(F)c(Br)c1. The van der Waals surface area contributed by atoms with E-state index in [4.69, 9.17) is 0 Å². The fraction of sp³-hybridized carbons (Fsp3) is 0.267. The van der Waals surface area contributed by atoms with Crippen molar-refractivity contribution in [1.29, 1.82) is 0 Å². The molecule has 1 aliphatic carbocycles. The summed E-state index contributed by atoms with van der Waals surface area (Å²) in [6.45, 7) is 0. The minimum Gasteiger partial charge on any atom is -0.378 e. The van der Waals surface area contributed by atoms with E-state index >= 15 is 0 Å². The molecule has 2 aromatic rings. The van der Waals surface area contributed by atoms with E-state index in [1.165, 1.54) is 6.07 Å². The van der Waals surface area contributed by atoms with Crippen LogP contribution in [0.25, 0.3) is 0 Å². The Morgan fingerprint density at radius 1 is 1.30 bits per heavy atom. The number of halogens is 2. The number of hydrogen-bond acceptors (Lipinski definition) is 2. The van der Waals surface area contributed by atoms with Gasteiger partial charge in [-0.1, -0.05) is 0 Å². The topological polar surface area (TPSA) is 44.9 Å². The molecule has 0 saturated carbocycles. The number of rotatable bonds is 2. The van der Waals surface area contributed by atoms with Gasteiger partial charge in [-0.05, 0) is 65.0 Å². The maximum Gasteiger partial charge on any atom is 0.248 e. The Balaban J connectivity index is 1.89. The van der Waals surface area contributed by atoms with E-state index in [1.54, 1.807) is 18.2 Å². The van der Waals surface area contributed by atoms with Crippen LogP contribution in [0.4, 0.5) is 10.1 Å². The fourth-order valence-electron chi connectivity index (χ4n) is 2.64. The summed E-state index contributed by atoms with van der Waals surface area (Å²) in [6.07, 6.45) is 2.91. The lowest BCUT2D eigenvalue weighted by Crippen LogP contribution is -2.21. The van der Waals surface area contributed by atoms with Crippen LogP contribution in [0.1, 0.15) is 30.1 Å². The van der Waals surface area contributed by atoms with Gasteiger partial charge in [0, 0.05) is 17.4 Å². The van der Waals surface area contributed by atoms with Gasteiger partial charge in [0.15, 0.2) is 0 Å². The van der Waals surface area contributed by atoms with Crippen molar-refractivity contribution in [3.05, 3.63) is 62.2 Å². The van der Waals surface area contributed by atoms with E-state index in [-0.39, 0.29) is 17.4 Å². The van der Waals surface area contributed by atoms with Gasteiger partial charge in [-0.15, -0.1) is 0 Å². The highest BCUT2D eigenvalue weighted by Gasteiger charge is 2.20. The third-order valence-corrected chi connectivity index (χ3v) is 4.20. The predicted molar refractivity (Wildman–Crippen MR) is 80.5 cm³/mol. The van der Waals surface area contributed by atoms with Crippen molar-refractivity contribution < 1.29 is 4.39 Å². The molecule has 0 bridgehead atoms. The van der Waals surface area contributed by atoms with Gasteiger partial charge in [0.2, 0.25) is 5.56 Å². The second kappa shape index (κ2) is 5.40. The Hall–Kier alpha value is -1.62. The van der Waals surface area contributed by atoms with Crippen LogP contribution < -0.4 is 10.9 Å². The van der Waals surface area contributed by atoms with Crippen LogP contribution in [0.2, 0.25) is 0 Å². The third-order valence-electron chi connectivity index (χ3n) is 3.59. The second-order valence-electron chi connectivity index (χ2n) is 4.97. The number of aromatic amines is 1. The summed E-state index contributed by atoms with van der Waals surface area (Å²) in [5, 5.41) is 3.41. The molecule has 0 spiro atoms. The molecular formula is C15H14BrFN2O. The Morgan fingerprint density at radius 3 is 2.95 bits per heavy atom. The second-order valence-corrected chi connectivity index (χ2v) is 5.83. The number of aromatic nitrogens is 1. The first-order valence-corrected chi connectivity index (χ1v) is 7.36. The zero-order chi connectivity index (χ0) is 14.1. The molecule has 1 unspecified atom stereocenters. The van der Waals surface area contributed by atoms with Crippen LogP contribution in [0.15, 0.2) is 39.6 Å². The number of aryl methyl sites for hydroxylation is 1. The van der Waals surface area contributed by atoms with Crippen LogP contribution in [-0.2, 0) is 6.42 Å². The minimum absolute atomic E-state index is 0.0612. The smallest absolute Gasteiger partial charge is 0.248 e. The highest BCUT2D eigenvalue weighted by Crippen LogP contribution is 2.31. The molecular weight excluding hydrogens is 323 g/mol. The first-order chi connectivity index (χ1) is 9.63. The molecule has 0 aliphatic heterocycles. The Bertz CT molecular complexity index is 699. The zero-order valence-corrected chi connectivity index (χ0v) is 12.3. The number of H-pyrrole nitrogens is 1. The number of anilines is 1. The molecule has 3 nitrogen and oxygen atoms in total. The van der Waals surface area contributed by atoms with Gasteiger partial charge in [0.1, 0.15) is 5.82 Å². The summed E-state index contributed by atoms with van der Waals surface area (Å²) < 4.78 is 13.7. The summed E-state index contributed by atoms with van der Waals surface area (Å²) >= 11 is 3.19. The summed E-state index contributed by atoms with van der Waals surface area (Å²) in [7, 11) is 0. The molecule has 1 atom stereocenters. The average molecular weight is 337 g/mol. The molecule has 1 aliphatic rings. The monoisotopic (exact) mass is 336 g/mol. The summed E-state index contributed by atoms with van der Waals surface area (Å²) in [6, 6.07) is 8.47. The first kappa shape index (κ1) is 13.4. The van der Waals surface area contributed by atoms with Gasteiger partial charge in [-0.2, -0.15) is 0 Å². The van der Waals surface area contributed by atoms with Crippen LogP contribution in [0, 0.1) is 5.82 Å². The minimum atomic E-state index is -0.274. The molecule has 2 N–H and O–H groups in total. The van der Waals surface area contributed by atoms with Crippen molar-refractivity contribution in [2.24, 2.45) is 0 Å². The number of nitrogens with one attached hydrogen (secondary N) is 2. The van der Waals surface area contributed by atoms with Gasteiger partial charge in [-0.3, -0.25) is 4.79 Å². The molecule has 1 aromatic carbocycles. The zero-order valence-electron chi connectivity index (χ0n) is 10.7. The molecule has 20 heavy (non-hydrogen) atoms. The number of pyridine rings is 1. The standard InChI is InChI=1S/C15H14BrFN2O/c16-11-8-9(4-6-12(11)17)18-13-2-1-3-14-10(13)5-7-15(20)19-14/h4-8,13,18H,1-3H2,(H,19,20). The molecule has 1 aromatic heterocycles. The van der Waals surface area contributed by atoms with E-state index in [0.29, 0.717) is 4.47 Å². The van der Waals surface area contributed by atoms with Gasteiger partial charge in [0.25, 0.3) is 0 Å². The van der Waals surface area contributed by atoms with Gasteiger partial charge in [-0.25, -0.2) is 4.39 Å². The van der Waals surface area contributed by atoms with Crippen molar-refractivity contribution in [1.82, 2.24) is 4.98 Å². The van der Waals surface area contributed by atoms with Crippen molar-refractivity contribution in [2.45, 2.75) is 25.3 Å². The van der Waals surface area contributed by atoms with Gasteiger partial charge in [0.05, 0.1) is 10.5 Å². The molecule has 5 heteroatoms. The van der Waals surface area contributed by atoms with E-state index in [9.17, 15) is 9.18 Å². The molecule has 0 radical (unpaired) electrons. The lowest BCUT2D eigenvalue weighted by molar-refractivity contribution is 0.586. The Labute approximate surface area is 124 Å². The van der Waals surface area contributed by atoms with Crippen LogP contribution in [0.3, 0.4) is 0 Å². The molecule has 3 rings (SSSR count). The summed E-state index contributed by atoms with van der Waals surface area (Å²) in [5.74, 6) is -0.274. The van der Waals surface area contributed by atoms with Crippen LogP contribution in [0.5, 0.6) is 0 Å². The van der Waals surface area contributed by atoms with Crippen LogP contribution >= 0.6 is 15.9 Å². The molecule has 104 valence electrons. The van der Waals surface area contributed by atoms with E-state index in [2.05, 4.69) is 26.2 Å². The maximum atomic E-state index is 13.2. The number of hydrogen-bond donors (Lipinski definition) is 2. The highest BCUT2D eigenvalue weighted by atomic mass is 79.9. The third kappa shape index (κ3) is 2.63. The summed E-state index contributed by atoms with van der Waals surface area (Å²) in [5.41, 5.74) is 2.93. The number of fused-ring (bicyclic) bond motifs is 1. The quantitative estimate of drug-likeness (QED) is 0.876. The van der Waals surface area contributed by atoms with Crippen molar-refractivity contribution in [3.8, 4) is 0 Å². The number of benzene rings is 1. The fourth-order valence-corrected chi connectivity index (χ4v) is 3.02. The normalized spacial score (nSPS) is 17.6. The lowest BCUT2D eigenvalue weighted by Gasteiger charge is -2.26. The Morgan fingerprint density at radius 2 is 2.15 bits per heavy atom. The lowest BCUT2D eigenvalue weighted by atomic mass is 9.91. The molecule has 1 heterocycles.